The largest absolute Gasteiger partial charge is 0.495 e. The van der Waals surface area contributed by atoms with E-state index in [4.69, 9.17) is 9.47 Å². The predicted molar refractivity (Wildman–Crippen MR) is 140 cm³/mol. The van der Waals surface area contributed by atoms with Gasteiger partial charge in [-0.15, -0.1) is 0 Å². The normalized spacial score (nSPS) is 23.6. The maximum Gasteiger partial charge on any atom is 0.251 e. The van der Waals surface area contributed by atoms with Crippen molar-refractivity contribution in [1.82, 2.24) is 10.2 Å². The van der Waals surface area contributed by atoms with E-state index in [-0.39, 0.29) is 24.8 Å². The van der Waals surface area contributed by atoms with E-state index in [0.29, 0.717) is 31.7 Å². The molecule has 3 N–H and O–H groups in total. The first-order chi connectivity index (χ1) is 17.8. The minimum Gasteiger partial charge on any atom is -0.495 e. The number of aliphatic hydroxyl groups is 2. The molecule has 10 heteroatoms. The number of aliphatic hydroxyl groups excluding tert-OH is 2. The van der Waals surface area contributed by atoms with Crippen LogP contribution in [0.5, 0.6) is 5.75 Å². The van der Waals surface area contributed by atoms with Crippen molar-refractivity contribution < 1.29 is 29.3 Å². The molecule has 4 rings (SSSR count). The molecule has 0 bridgehead atoms. The summed E-state index contributed by atoms with van der Waals surface area (Å²) < 4.78 is 11.3. The lowest BCUT2D eigenvalue weighted by Crippen LogP contribution is -2.50. The van der Waals surface area contributed by atoms with Gasteiger partial charge in [0.15, 0.2) is 0 Å². The monoisotopic (exact) mass is 512 g/mol. The first-order valence-electron chi connectivity index (χ1n) is 12.5. The Balaban J connectivity index is 1.26. The Bertz CT molecular complexity index is 1070. The van der Waals surface area contributed by atoms with Crippen LogP contribution in [0.2, 0.25) is 0 Å². The molecule has 2 heterocycles. The maximum atomic E-state index is 12.9. The molecule has 0 aromatic heterocycles. The van der Waals surface area contributed by atoms with Crippen LogP contribution in [-0.2, 0) is 9.53 Å². The molecule has 4 atom stereocenters. The summed E-state index contributed by atoms with van der Waals surface area (Å²) in [6, 6.07) is 14.9. The van der Waals surface area contributed by atoms with Gasteiger partial charge in [-0.3, -0.25) is 9.59 Å². The van der Waals surface area contributed by atoms with Crippen LogP contribution in [0.15, 0.2) is 48.5 Å². The summed E-state index contributed by atoms with van der Waals surface area (Å²) in [5.41, 5.74) is 2.45. The summed E-state index contributed by atoms with van der Waals surface area (Å²) in [4.78, 5) is 31.3. The number of benzene rings is 2. The Morgan fingerprint density at radius 1 is 1.00 bits per heavy atom. The highest BCUT2D eigenvalue weighted by molar-refractivity contribution is 5.94. The van der Waals surface area contributed by atoms with Gasteiger partial charge in [-0.2, -0.15) is 0 Å². The van der Waals surface area contributed by atoms with Crippen molar-refractivity contribution in [3.8, 4) is 5.75 Å². The van der Waals surface area contributed by atoms with Gasteiger partial charge in [-0.25, -0.2) is 0 Å². The number of nitrogens with one attached hydrogen (secondary N) is 1. The summed E-state index contributed by atoms with van der Waals surface area (Å²) >= 11 is 0. The highest BCUT2D eigenvalue weighted by Gasteiger charge is 2.44. The zero-order valence-electron chi connectivity index (χ0n) is 21.5. The van der Waals surface area contributed by atoms with E-state index in [1.807, 2.05) is 55.4 Å². The van der Waals surface area contributed by atoms with Gasteiger partial charge in [0.1, 0.15) is 24.1 Å². The van der Waals surface area contributed by atoms with Gasteiger partial charge in [0.2, 0.25) is 5.91 Å². The molecule has 2 aliphatic rings. The van der Waals surface area contributed by atoms with Gasteiger partial charge in [-0.05, 0) is 36.4 Å². The number of amides is 2. The SMILES string of the molecule is COc1ccccc1N1CCN(C(=O)CC2OC(CNC(=O)c3ccc(N(C)C)cc3)C(O)C2O)CC1. The summed E-state index contributed by atoms with van der Waals surface area (Å²) in [5.74, 6) is 0.354. The van der Waals surface area contributed by atoms with Crippen LogP contribution in [0.1, 0.15) is 16.8 Å². The standard InChI is InChI=1S/C27H36N4O6/c1-29(2)19-10-8-18(9-11-19)27(35)28-17-23-26(34)25(33)22(37-23)16-24(32)31-14-12-30(13-15-31)20-6-4-5-7-21(20)36-3/h4-11,22-23,25-26,33-34H,12-17H2,1-3H3,(H,28,35). The third-order valence-corrected chi connectivity index (χ3v) is 7.01. The minimum absolute atomic E-state index is 0.0226. The van der Waals surface area contributed by atoms with Crippen molar-refractivity contribution in [2.24, 2.45) is 0 Å². The summed E-state index contributed by atoms with van der Waals surface area (Å²) in [7, 11) is 5.48. The highest BCUT2D eigenvalue weighted by atomic mass is 16.5. The molecule has 2 aromatic rings. The molecule has 200 valence electrons. The van der Waals surface area contributed by atoms with Crippen molar-refractivity contribution in [3.05, 3.63) is 54.1 Å². The molecule has 2 aliphatic heterocycles. The molecule has 4 unspecified atom stereocenters. The molecule has 37 heavy (non-hydrogen) atoms. The van der Waals surface area contributed by atoms with E-state index in [2.05, 4.69) is 10.2 Å². The van der Waals surface area contributed by atoms with Crippen molar-refractivity contribution in [2.45, 2.75) is 30.8 Å². The van der Waals surface area contributed by atoms with Crippen molar-refractivity contribution >= 4 is 23.2 Å². The quantitative estimate of drug-likeness (QED) is 0.474. The molecule has 2 saturated heterocycles. The Labute approximate surface area is 217 Å². The second-order valence-corrected chi connectivity index (χ2v) is 9.59. The summed E-state index contributed by atoms with van der Waals surface area (Å²) in [6.07, 6.45) is -4.09. The molecule has 2 aromatic carbocycles. The van der Waals surface area contributed by atoms with Crippen molar-refractivity contribution in [1.29, 1.82) is 0 Å². The number of nitrogens with zero attached hydrogens (tertiary/aromatic N) is 3. The lowest BCUT2D eigenvalue weighted by molar-refractivity contribution is -0.135. The number of carbonyl (C=O) groups is 2. The Hall–Kier alpha value is -3.34. The van der Waals surface area contributed by atoms with Crippen LogP contribution in [-0.4, -0.2) is 105 Å². The van der Waals surface area contributed by atoms with E-state index in [0.717, 1.165) is 17.1 Å². The number of hydrogen-bond donors (Lipinski definition) is 3. The lowest BCUT2D eigenvalue weighted by atomic mass is 10.0. The topological polar surface area (TPSA) is 115 Å². The fourth-order valence-electron chi connectivity index (χ4n) is 4.76. The average Bonchev–Trinajstić information content (AvgIpc) is 3.19. The summed E-state index contributed by atoms with van der Waals surface area (Å²) in [5, 5.41) is 23.7. The van der Waals surface area contributed by atoms with E-state index in [1.165, 1.54) is 0 Å². The number of piperazine rings is 1. The van der Waals surface area contributed by atoms with Crippen molar-refractivity contribution in [2.75, 3.05) is 63.7 Å². The van der Waals surface area contributed by atoms with Gasteiger partial charge < -0.3 is 39.7 Å². The van der Waals surface area contributed by atoms with Crippen LogP contribution in [0, 0.1) is 0 Å². The number of ether oxygens (including phenoxy) is 2. The zero-order chi connectivity index (χ0) is 26.5. The zero-order valence-corrected chi connectivity index (χ0v) is 21.5. The predicted octanol–water partition coefficient (Wildman–Crippen LogP) is 0.719. The van der Waals surface area contributed by atoms with E-state index in [1.54, 1.807) is 24.1 Å². The van der Waals surface area contributed by atoms with Crippen LogP contribution in [0.3, 0.4) is 0 Å². The van der Waals surface area contributed by atoms with E-state index >= 15 is 0 Å². The average molecular weight is 513 g/mol. The van der Waals surface area contributed by atoms with Crippen LogP contribution in [0.25, 0.3) is 0 Å². The van der Waals surface area contributed by atoms with Crippen LogP contribution >= 0.6 is 0 Å². The summed E-state index contributed by atoms with van der Waals surface area (Å²) in [6.45, 7) is 2.41. The highest BCUT2D eigenvalue weighted by Crippen LogP contribution is 2.29. The first-order valence-corrected chi connectivity index (χ1v) is 12.5. The number of anilines is 2. The molecule has 2 fully saturated rings. The fourth-order valence-corrected chi connectivity index (χ4v) is 4.76. The number of carbonyl (C=O) groups excluding carboxylic acids is 2. The maximum absolute atomic E-state index is 12.9. The minimum atomic E-state index is -1.21. The van der Waals surface area contributed by atoms with Crippen LogP contribution < -0.4 is 19.9 Å². The molecule has 0 aliphatic carbocycles. The van der Waals surface area contributed by atoms with Gasteiger partial charge in [0.05, 0.1) is 25.3 Å². The Morgan fingerprint density at radius 3 is 2.30 bits per heavy atom. The second-order valence-electron chi connectivity index (χ2n) is 9.59. The fraction of sp³-hybridized carbons (Fsp3) is 0.481. The molecule has 0 saturated carbocycles. The number of hydrogen-bond acceptors (Lipinski definition) is 8. The van der Waals surface area contributed by atoms with Gasteiger partial charge in [-0.1, -0.05) is 12.1 Å². The van der Waals surface area contributed by atoms with Gasteiger partial charge in [0, 0.05) is 58.1 Å². The van der Waals surface area contributed by atoms with Crippen molar-refractivity contribution in [3.63, 3.8) is 0 Å². The molecular formula is C27H36N4O6. The number of rotatable bonds is 8. The molecule has 0 spiro atoms. The van der Waals surface area contributed by atoms with Crippen LogP contribution in [0.4, 0.5) is 11.4 Å². The third kappa shape index (κ3) is 6.15. The molecule has 2 amide bonds. The first kappa shape index (κ1) is 26.7. The smallest absolute Gasteiger partial charge is 0.251 e. The second kappa shape index (κ2) is 11.8. The number of para-hydroxylation sites is 2. The molecule has 0 radical (unpaired) electrons. The van der Waals surface area contributed by atoms with Gasteiger partial charge >= 0.3 is 0 Å². The number of methoxy groups -OCH3 is 1. The van der Waals surface area contributed by atoms with E-state index < -0.39 is 24.4 Å². The third-order valence-electron chi connectivity index (χ3n) is 7.01. The lowest BCUT2D eigenvalue weighted by Gasteiger charge is -2.37. The van der Waals surface area contributed by atoms with Gasteiger partial charge in [0.25, 0.3) is 5.91 Å². The Kier molecular flexibility index (Phi) is 8.52. The Morgan fingerprint density at radius 2 is 1.65 bits per heavy atom. The van der Waals surface area contributed by atoms with E-state index in [9.17, 15) is 19.8 Å². The molecular weight excluding hydrogens is 476 g/mol. The molecule has 10 nitrogen and oxygen atoms in total.